The normalized spacial score (nSPS) is 28.3. The molecule has 2 fully saturated rings. The maximum atomic E-state index is 3.74. The molecule has 2 unspecified atom stereocenters. The van der Waals surface area contributed by atoms with Crippen molar-refractivity contribution >= 4 is 0 Å². The van der Waals surface area contributed by atoms with Crippen LogP contribution in [0.3, 0.4) is 0 Å². The molecule has 0 bridgehead atoms. The van der Waals surface area contributed by atoms with Crippen molar-refractivity contribution in [2.24, 2.45) is 5.92 Å². The summed E-state index contributed by atoms with van der Waals surface area (Å²) in [5.74, 6) is 0.934. The van der Waals surface area contributed by atoms with Gasteiger partial charge in [-0.15, -0.1) is 0 Å². The van der Waals surface area contributed by atoms with Gasteiger partial charge in [0.05, 0.1) is 0 Å². The second kappa shape index (κ2) is 6.88. The molecule has 106 valence electrons. The van der Waals surface area contributed by atoms with Gasteiger partial charge in [0.2, 0.25) is 0 Å². The zero-order chi connectivity index (χ0) is 13.0. The average Bonchev–Trinajstić information content (AvgIpc) is 2.99. The van der Waals surface area contributed by atoms with Crippen molar-refractivity contribution in [3.05, 3.63) is 0 Å². The van der Waals surface area contributed by atoms with E-state index >= 15 is 0 Å². The van der Waals surface area contributed by atoms with E-state index in [0.717, 1.165) is 24.5 Å². The summed E-state index contributed by atoms with van der Waals surface area (Å²) in [5, 5.41) is 3.74. The molecule has 1 aliphatic carbocycles. The molecule has 1 saturated heterocycles. The molecule has 1 heterocycles. The van der Waals surface area contributed by atoms with E-state index < -0.39 is 0 Å². The van der Waals surface area contributed by atoms with Crippen LogP contribution < -0.4 is 5.32 Å². The summed E-state index contributed by atoms with van der Waals surface area (Å²) < 4.78 is 0. The lowest BCUT2D eigenvalue weighted by Gasteiger charge is -2.29. The number of rotatable bonds is 6. The monoisotopic (exact) mass is 253 g/mol. The van der Waals surface area contributed by atoms with E-state index in [0.29, 0.717) is 0 Å². The van der Waals surface area contributed by atoms with Gasteiger partial charge in [-0.25, -0.2) is 0 Å². The molecule has 3 heteroatoms. The molecule has 0 aromatic carbocycles. The molecule has 1 aliphatic heterocycles. The zero-order valence-electron chi connectivity index (χ0n) is 12.5. The lowest BCUT2D eigenvalue weighted by molar-refractivity contribution is 0.222. The van der Waals surface area contributed by atoms with Crippen LogP contribution >= 0.6 is 0 Å². The van der Waals surface area contributed by atoms with Crippen molar-refractivity contribution in [2.75, 3.05) is 40.3 Å². The van der Waals surface area contributed by atoms with Crippen molar-refractivity contribution in [3.63, 3.8) is 0 Å². The summed E-state index contributed by atoms with van der Waals surface area (Å²) in [6, 6.07) is 1.51. The number of likely N-dealkylation sites (N-methyl/N-ethyl adjacent to an activating group) is 2. The molecule has 0 spiro atoms. The molecular formula is C15H31N3. The smallest absolute Gasteiger partial charge is 0.0229 e. The number of hydrogen-bond donors (Lipinski definition) is 1. The minimum absolute atomic E-state index is 0.735. The fraction of sp³-hybridized carbons (Fsp3) is 1.00. The molecule has 2 rings (SSSR count). The lowest BCUT2D eigenvalue weighted by atomic mass is 9.97. The van der Waals surface area contributed by atoms with Gasteiger partial charge in [-0.2, -0.15) is 0 Å². The second-order valence-electron chi connectivity index (χ2n) is 6.37. The Balaban J connectivity index is 1.81. The number of likely N-dealkylation sites (tertiary alicyclic amines) is 1. The summed E-state index contributed by atoms with van der Waals surface area (Å²) in [6.07, 6.45) is 7.14. The van der Waals surface area contributed by atoms with Gasteiger partial charge in [-0.1, -0.05) is 19.8 Å². The molecule has 1 N–H and O–H groups in total. The minimum Gasteiger partial charge on any atom is -0.313 e. The van der Waals surface area contributed by atoms with E-state index in [-0.39, 0.29) is 0 Å². The van der Waals surface area contributed by atoms with Gasteiger partial charge >= 0.3 is 0 Å². The highest BCUT2D eigenvalue weighted by atomic mass is 15.2. The molecule has 2 aliphatic rings. The Kier molecular flexibility index (Phi) is 5.46. The number of hydrogen-bond acceptors (Lipinski definition) is 3. The van der Waals surface area contributed by atoms with Crippen LogP contribution in [0, 0.1) is 5.92 Å². The molecule has 0 aromatic heterocycles. The second-order valence-corrected chi connectivity index (χ2v) is 6.37. The maximum absolute atomic E-state index is 3.74. The highest BCUT2D eigenvalue weighted by Crippen LogP contribution is 2.28. The van der Waals surface area contributed by atoms with E-state index in [9.17, 15) is 0 Å². The van der Waals surface area contributed by atoms with Crippen LogP contribution in [0.2, 0.25) is 0 Å². The van der Waals surface area contributed by atoms with Gasteiger partial charge in [0, 0.05) is 25.2 Å². The summed E-state index contributed by atoms with van der Waals surface area (Å²) in [5.41, 5.74) is 0. The van der Waals surface area contributed by atoms with E-state index in [1.807, 2.05) is 0 Å². The van der Waals surface area contributed by atoms with Crippen molar-refractivity contribution in [1.82, 2.24) is 15.1 Å². The van der Waals surface area contributed by atoms with Gasteiger partial charge in [0.1, 0.15) is 0 Å². The SMILES string of the molecule is CCNC(CN1CCC(N(C)C)C1)C1CCCC1. The fourth-order valence-electron chi connectivity index (χ4n) is 3.68. The Bertz CT molecular complexity index is 236. The Morgan fingerprint density at radius 2 is 1.94 bits per heavy atom. The van der Waals surface area contributed by atoms with Crippen molar-refractivity contribution in [3.8, 4) is 0 Å². The lowest BCUT2D eigenvalue weighted by Crippen LogP contribution is -2.45. The quantitative estimate of drug-likeness (QED) is 0.778. The maximum Gasteiger partial charge on any atom is 0.0229 e. The Morgan fingerprint density at radius 3 is 2.50 bits per heavy atom. The van der Waals surface area contributed by atoms with Crippen molar-refractivity contribution in [2.45, 2.75) is 51.1 Å². The molecule has 0 aromatic rings. The third-order valence-corrected chi connectivity index (χ3v) is 4.87. The van der Waals surface area contributed by atoms with Crippen LogP contribution in [0.5, 0.6) is 0 Å². The van der Waals surface area contributed by atoms with Crippen molar-refractivity contribution in [1.29, 1.82) is 0 Å². The first-order valence-corrected chi connectivity index (χ1v) is 7.83. The van der Waals surface area contributed by atoms with Crippen LogP contribution in [0.1, 0.15) is 39.0 Å². The van der Waals surface area contributed by atoms with Crippen molar-refractivity contribution < 1.29 is 0 Å². The van der Waals surface area contributed by atoms with Gasteiger partial charge < -0.3 is 15.1 Å². The third kappa shape index (κ3) is 3.69. The van der Waals surface area contributed by atoms with E-state index in [4.69, 9.17) is 0 Å². The fourth-order valence-corrected chi connectivity index (χ4v) is 3.68. The minimum atomic E-state index is 0.735. The van der Waals surface area contributed by atoms with E-state index in [2.05, 4.69) is 36.1 Å². The highest BCUT2D eigenvalue weighted by molar-refractivity contribution is 4.87. The van der Waals surface area contributed by atoms with Gasteiger partial charge in [0.25, 0.3) is 0 Å². The Labute approximate surface area is 113 Å². The Hall–Kier alpha value is -0.120. The summed E-state index contributed by atoms with van der Waals surface area (Å²) in [7, 11) is 4.43. The van der Waals surface area contributed by atoms with Crippen LogP contribution in [0.15, 0.2) is 0 Å². The van der Waals surface area contributed by atoms with Gasteiger partial charge in [-0.05, 0) is 52.4 Å². The first-order valence-electron chi connectivity index (χ1n) is 7.83. The van der Waals surface area contributed by atoms with Crippen LogP contribution in [-0.4, -0.2) is 62.2 Å². The number of nitrogens with one attached hydrogen (secondary N) is 1. The van der Waals surface area contributed by atoms with Gasteiger partial charge in [0.15, 0.2) is 0 Å². The molecular weight excluding hydrogens is 222 g/mol. The standard InChI is InChI=1S/C15H31N3/c1-4-16-15(13-7-5-6-8-13)12-18-10-9-14(11-18)17(2)3/h13-16H,4-12H2,1-3H3. The first kappa shape index (κ1) is 14.3. The summed E-state index contributed by atoms with van der Waals surface area (Å²) in [6.45, 7) is 7.18. The summed E-state index contributed by atoms with van der Waals surface area (Å²) in [4.78, 5) is 5.06. The van der Waals surface area contributed by atoms with Crippen LogP contribution in [-0.2, 0) is 0 Å². The van der Waals surface area contributed by atoms with E-state index in [1.54, 1.807) is 0 Å². The molecule has 1 saturated carbocycles. The average molecular weight is 253 g/mol. The zero-order valence-corrected chi connectivity index (χ0v) is 12.5. The first-order chi connectivity index (χ1) is 8.70. The highest BCUT2D eigenvalue weighted by Gasteiger charge is 2.30. The molecule has 0 amide bonds. The van der Waals surface area contributed by atoms with E-state index in [1.165, 1.54) is 51.7 Å². The molecule has 0 radical (unpaired) electrons. The van der Waals surface area contributed by atoms with Crippen LogP contribution in [0.4, 0.5) is 0 Å². The largest absolute Gasteiger partial charge is 0.313 e. The number of nitrogens with zero attached hydrogens (tertiary/aromatic N) is 2. The molecule has 18 heavy (non-hydrogen) atoms. The van der Waals surface area contributed by atoms with Gasteiger partial charge in [-0.3, -0.25) is 0 Å². The van der Waals surface area contributed by atoms with Crippen LogP contribution in [0.25, 0.3) is 0 Å². The Morgan fingerprint density at radius 1 is 1.22 bits per heavy atom. The molecule has 2 atom stereocenters. The predicted molar refractivity (Wildman–Crippen MR) is 78.0 cm³/mol. The predicted octanol–water partition coefficient (Wildman–Crippen LogP) is 1.79. The summed E-state index contributed by atoms with van der Waals surface area (Å²) >= 11 is 0. The third-order valence-electron chi connectivity index (χ3n) is 4.87. The topological polar surface area (TPSA) is 18.5 Å². The molecule has 3 nitrogen and oxygen atoms in total.